The molecule has 0 aromatic heterocycles. The normalized spacial score (nSPS) is 9.82. The first-order valence-electron chi connectivity index (χ1n) is 21.4. The third-order valence-corrected chi connectivity index (χ3v) is 10.3. The molecule has 0 aliphatic rings. The van der Waals surface area contributed by atoms with Crippen molar-refractivity contribution < 1.29 is 35.1 Å². The molecule has 8 heteroatoms. The molecule has 7 rings (SSSR count). The van der Waals surface area contributed by atoms with Gasteiger partial charge in [-0.2, -0.15) is 0 Å². The summed E-state index contributed by atoms with van der Waals surface area (Å²) in [7, 11) is 0. The Kier molecular flexibility index (Phi) is 24.7. The molecule has 354 valence electrons. The summed E-state index contributed by atoms with van der Waals surface area (Å²) in [4.78, 5) is 0. The van der Waals surface area contributed by atoms with Gasteiger partial charge in [-0.1, -0.05) is 83.9 Å². The summed E-state index contributed by atoms with van der Waals surface area (Å²) in [5.41, 5.74) is 13.7. The average molecular weight is 915 g/mol. The highest BCUT2D eigenvalue weighted by atomic mass is 19.2. The molecule has 0 spiro atoms. The minimum Gasteiger partial charge on any atom is -0.207 e. The van der Waals surface area contributed by atoms with Crippen LogP contribution in [0.3, 0.4) is 0 Å². The fraction of sp³-hybridized carbons (Fsp3) is 0.276. The minimum atomic E-state index is -0.736. The summed E-state index contributed by atoms with van der Waals surface area (Å²) in [6.45, 7) is 29.3. The molecule has 7 aromatic rings. The highest BCUT2D eigenvalue weighted by Gasteiger charge is 2.07. The van der Waals surface area contributed by atoms with Gasteiger partial charge in [0.2, 0.25) is 0 Å². The Balaban J connectivity index is 0.000000385. The molecule has 0 nitrogen and oxygen atoms in total. The van der Waals surface area contributed by atoms with Crippen LogP contribution >= 0.6 is 0 Å². The van der Waals surface area contributed by atoms with E-state index < -0.39 is 34.9 Å². The van der Waals surface area contributed by atoms with E-state index in [4.69, 9.17) is 0 Å². The van der Waals surface area contributed by atoms with Gasteiger partial charge in [0.25, 0.3) is 0 Å². The van der Waals surface area contributed by atoms with Crippen LogP contribution < -0.4 is 0 Å². The molecule has 0 amide bonds. The number of benzene rings is 7. The lowest BCUT2D eigenvalue weighted by Gasteiger charge is -1.99. The number of hydrogen-bond acceptors (Lipinski definition) is 0. The van der Waals surface area contributed by atoms with Crippen LogP contribution in [-0.4, -0.2) is 0 Å². The zero-order valence-corrected chi connectivity index (χ0v) is 41.4. The molecule has 0 bridgehead atoms. The van der Waals surface area contributed by atoms with Crippen molar-refractivity contribution in [3.63, 3.8) is 0 Å². The summed E-state index contributed by atoms with van der Waals surface area (Å²) < 4.78 is 101. The van der Waals surface area contributed by atoms with Crippen LogP contribution in [0.25, 0.3) is 0 Å². The molecule has 0 aliphatic heterocycles. The molecule has 0 heterocycles. The van der Waals surface area contributed by atoms with Crippen LogP contribution in [-0.2, 0) is 0 Å². The molecular weight excluding hydrogens is 849 g/mol. The zero-order chi connectivity index (χ0) is 50.6. The maximum Gasteiger partial charge on any atom is 0.161 e. The Hall–Kier alpha value is -6.02. The van der Waals surface area contributed by atoms with E-state index in [1.165, 1.54) is 97.5 Å². The van der Waals surface area contributed by atoms with Gasteiger partial charge in [0, 0.05) is 11.1 Å². The first-order chi connectivity index (χ1) is 30.6. The summed E-state index contributed by atoms with van der Waals surface area (Å²) in [5.74, 6) is -3.60. The highest BCUT2D eigenvalue weighted by Crippen LogP contribution is 2.16. The van der Waals surface area contributed by atoms with Crippen LogP contribution in [0.4, 0.5) is 35.1 Å². The molecule has 0 aliphatic carbocycles. The SMILES string of the molecule is Cc1cc(F)c(C)c(F)c1.Cc1cc(F)c(C)c(F)c1.Cc1ccc(C)c(C)c1.Cc1ccc(C)c(C)c1.Cc1ccc(C)c(F)c1.Cc1ccc(C)c(F)c1.Cc1ccc(C)c(F)c1F. The van der Waals surface area contributed by atoms with Crippen molar-refractivity contribution in [2.75, 3.05) is 0 Å². The molecule has 66 heavy (non-hydrogen) atoms. The van der Waals surface area contributed by atoms with Gasteiger partial charge in [-0.15, -0.1) is 0 Å². The maximum absolute atomic E-state index is 12.6. The highest BCUT2D eigenvalue weighted by molar-refractivity contribution is 5.30. The van der Waals surface area contributed by atoms with Crippen molar-refractivity contribution in [3.8, 4) is 0 Å². The quantitative estimate of drug-likeness (QED) is 0.133. The first kappa shape index (κ1) is 58.0. The van der Waals surface area contributed by atoms with Crippen LogP contribution in [0.15, 0.2) is 109 Å². The lowest BCUT2D eigenvalue weighted by molar-refractivity contribution is 0.497. The monoisotopic (exact) mass is 915 g/mol. The Labute approximate surface area is 389 Å². The molecular formula is C58H66F8. The summed E-state index contributed by atoms with van der Waals surface area (Å²) >= 11 is 0. The summed E-state index contributed by atoms with van der Waals surface area (Å²) in [5, 5.41) is 0. The van der Waals surface area contributed by atoms with E-state index in [0.717, 1.165) is 11.1 Å². The molecule has 0 N–H and O–H groups in total. The van der Waals surface area contributed by atoms with Crippen LogP contribution in [0.2, 0.25) is 0 Å². The van der Waals surface area contributed by atoms with E-state index in [2.05, 4.69) is 77.9 Å². The predicted molar refractivity (Wildman–Crippen MR) is 261 cm³/mol. The number of hydrogen-bond donors (Lipinski definition) is 0. The van der Waals surface area contributed by atoms with E-state index in [0.29, 0.717) is 33.4 Å². The van der Waals surface area contributed by atoms with Gasteiger partial charge >= 0.3 is 0 Å². The first-order valence-corrected chi connectivity index (χ1v) is 21.4. The molecule has 7 aromatic carbocycles. The van der Waals surface area contributed by atoms with Crippen molar-refractivity contribution in [2.24, 2.45) is 0 Å². The average Bonchev–Trinajstić information content (AvgIpc) is 3.24. The van der Waals surface area contributed by atoms with Crippen LogP contribution in [0.1, 0.15) is 89.0 Å². The number of halogens is 8. The van der Waals surface area contributed by atoms with Gasteiger partial charge in [-0.05, 0) is 214 Å². The topological polar surface area (TPSA) is 0 Å². The van der Waals surface area contributed by atoms with Crippen molar-refractivity contribution in [1.29, 1.82) is 0 Å². The third kappa shape index (κ3) is 20.9. The fourth-order valence-corrected chi connectivity index (χ4v) is 5.47. The number of rotatable bonds is 0. The molecule has 0 atom stereocenters. The van der Waals surface area contributed by atoms with Gasteiger partial charge < -0.3 is 0 Å². The Morgan fingerprint density at radius 3 is 0.621 bits per heavy atom. The predicted octanol–water partition coefficient (Wildman–Crippen LogP) is 17.9. The van der Waals surface area contributed by atoms with E-state index in [1.54, 1.807) is 52.0 Å². The van der Waals surface area contributed by atoms with Gasteiger partial charge in [0.05, 0.1) is 0 Å². The molecule has 0 saturated carbocycles. The summed E-state index contributed by atoms with van der Waals surface area (Å²) in [6.07, 6.45) is 0. The van der Waals surface area contributed by atoms with E-state index in [9.17, 15) is 35.1 Å². The van der Waals surface area contributed by atoms with E-state index in [1.807, 2.05) is 26.0 Å². The summed E-state index contributed by atoms with van der Waals surface area (Å²) in [6, 6.07) is 31.8. The van der Waals surface area contributed by atoms with Crippen molar-refractivity contribution in [2.45, 2.75) is 111 Å². The lowest BCUT2D eigenvalue weighted by Crippen LogP contribution is -1.91. The van der Waals surface area contributed by atoms with Gasteiger partial charge in [-0.3, -0.25) is 0 Å². The van der Waals surface area contributed by atoms with Gasteiger partial charge in [0.15, 0.2) is 11.6 Å². The van der Waals surface area contributed by atoms with Gasteiger partial charge in [0.1, 0.15) is 34.9 Å². The minimum absolute atomic E-state index is 0.0885. The maximum atomic E-state index is 12.6. The fourth-order valence-electron chi connectivity index (χ4n) is 5.47. The number of aryl methyl sites for hydroxylation is 14. The second-order valence-corrected chi connectivity index (χ2v) is 16.7. The zero-order valence-electron chi connectivity index (χ0n) is 41.4. The van der Waals surface area contributed by atoms with Crippen molar-refractivity contribution in [3.05, 3.63) is 245 Å². The largest absolute Gasteiger partial charge is 0.207 e. The lowest BCUT2D eigenvalue weighted by atomic mass is 10.1. The van der Waals surface area contributed by atoms with E-state index >= 15 is 0 Å². The molecule has 0 radical (unpaired) electrons. The third-order valence-electron chi connectivity index (χ3n) is 10.3. The molecule has 0 fully saturated rings. The Morgan fingerprint density at radius 2 is 0.409 bits per heavy atom. The van der Waals surface area contributed by atoms with Crippen LogP contribution in [0, 0.1) is 157 Å². The standard InChI is InChI=1S/2C9H12.3C8H8F2.2C8H9F/c2*1-7-4-5-8(2)9(3)6-7;2*1-5-3-7(9)6(2)8(10)4-5;1-5-3-4-6(2)8(10)7(5)9;2*1-6-3-4-7(2)8(9)5-6/h2*4-6H,1-3H3;3*3-4H,1-2H3;2*3-5H,1-2H3. The van der Waals surface area contributed by atoms with Crippen molar-refractivity contribution in [1.82, 2.24) is 0 Å². The van der Waals surface area contributed by atoms with E-state index in [-0.39, 0.29) is 22.8 Å². The molecule has 0 unspecified atom stereocenters. The second kappa shape index (κ2) is 28.1. The smallest absolute Gasteiger partial charge is 0.161 e. The van der Waals surface area contributed by atoms with Crippen molar-refractivity contribution >= 4 is 0 Å². The second-order valence-electron chi connectivity index (χ2n) is 16.7. The Morgan fingerprint density at radius 1 is 0.197 bits per heavy atom. The van der Waals surface area contributed by atoms with Gasteiger partial charge in [-0.25, -0.2) is 35.1 Å². The Bertz CT molecular complexity index is 2320. The van der Waals surface area contributed by atoms with Crippen LogP contribution in [0.5, 0.6) is 0 Å². The molecule has 0 saturated heterocycles.